The minimum absolute atomic E-state index is 0.0589. The molecule has 0 radical (unpaired) electrons. The highest BCUT2D eigenvalue weighted by atomic mass is 19.1. The Morgan fingerprint density at radius 1 is 0.739 bits per heavy atom. The summed E-state index contributed by atoms with van der Waals surface area (Å²) in [5, 5.41) is 0. The molecule has 23 heavy (non-hydrogen) atoms. The van der Waals surface area contributed by atoms with Crippen molar-refractivity contribution in [2.45, 2.75) is 6.67 Å². The summed E-state index contributed by atoms with van der Waals surface area (Å²) in [6, 6.07) is 19.5. The van der Waals surface area contributed by atoms with E-state index < -0.39 is 6.67 Å². The van der Waals surface area contributed by atoms with Crippen LogP contribution in [0.1, 0.15) is 5.56 Å². The van der Waals surface area contributed by atoms with Crippen LogP contribution in [-0.2, 0) is 6.67 Å². The zero-order chi connectivity index (χ0) is 15.4. The fraction of sp³-hybridized carbons (Fsp3) is 0.0526. The summed E-state index contributed by atoms with van der Waals surface area (Å²) in [5.74, 6) is 3.20. The fourth-order valence-corrected chi connectivity index (χ4v) is 3.50. The van der Waals surface area contributed by atoms with Gasteiger partial charge in [-0.1, -0.05) is 36.4 Å². The van der Waals surface area contributed by atoms with Crippen LogP contribution in [0.3, 0.4) is 0 Å². The van der Waals surface area contributed by atoms with E-state index in [-0.39, 0.29) is 6.71 Å². The molecule has 0 bridgehead atoms. The molecular weight excluding hydrogens is 290 g/mol. The van der Waals surface area contributed by atoms with Crippen LogP contribution in [0.15, 0.2) is 60.7 Å². The van der Waals surface area contributed by atoms with Crippen molar-refractivity contribution in [3.63, 3.8) is 0 Å². The van der Waals surface area contributed by atoms with Gasteiger partial charge in [0.1, 0.15) is 29.7 Å². The third-order valence-corrected chi connectivity index (χ3v) is 4.53. The van der Waals surface area contributed by atoms with Crippen molar-refractivity contribution in [3.05, 3.63) is 66.2 Å². The minimum atomic E-state index is -0.492. The number of alkyl halides is 1. The Labute approximate surface area is 133 Å². The molecule has 3 aromatic carbocycles. The molecule has 2 aliphatic rings. The van der Waals surface area contributed by atoms with Gasteiger partial charge in [-0.15, -0.1) is 0 Å². The van der Waals surface area contributed by atoms with E-state index in [0.29, 0.717) is 5.56 Å². The number of fused-ring (bicyclic) bond motifs is 4. The van der Waals surface area contributed by atoms with Gasteiger partial charge in [-0.05, 0) is 40.8 Å². The first-order valence-corrected chi connectivity index (χ1v) is 7.61. The van der Waals surface area contributed by atoms with E-state index in [1.54, 1.807) is 6.07 Å². The number of hydrogen-bond acceptors (Lipinski definition) is 2. The van der Waals surface area contributed by atoms with Gasteiger partial charge in [-0.25, -0.2) is 4.39 Å². The van der Waals surface area contributed by atoms with Gasteiger partial charge in [0.15, 0.2) is 0 Å². The Morgan fingerprint density at radius 3 is 2.26 bits per heavy atom. The number of hydrogen-bond donors (Lipinski definition) is 0. The molecule has 0 unspecified atom stereocenters. The molecular formula is C19H12BFO2. The topological polar surface area (TPSA) is 18.5 Å². The quantitative estimate of drug-likeness (QED) is 0.443. The summed E-state index contributed by atoms with van der Waals surface area (Å²) in [5.41, 5.74) is 3.85. The predicted molar refractivity (Wildman–Crippen MR) is 88.9 cm³/mol. The Hall–Kier alpha value is -2.75. The van der Waals surface area contributed by atoms with Gasteiger partial charge in [0.2, 0.25) is 0 Å². The Kier molecular flexibility index (Phi) is 2.57. The van der Waals surface area contributed by atoms with E-state index in [2.05, 4.69) is 6.07 Å². The molecule has 0 saturated heterocycles. The maximum atomic E-state index is 13.0. The number of rotatable bonds is 1. The van der Waals surface area contributed by atoms with Crippen molar-refractivity contribution >= 4 is 23.1 Å². The van der Waals surface area contributed by atoms with Crippen LogP contribution in [0.5, 0.6) is 23.0 Å². The Balaban J connectivity index is 1.81. The second kappa shape index (κ2) is 4.62. The Morgan fingerprint density at radius 2 is 1.43 bits per heavy atom. The van der Waals surface area contributed by atoms with E-state index in [0.717, 1.165) is 39.4 Å². The van der Waals surface area contributed by atoms with E-state index in [4.69, 9.17) is 9.47 Å². The SMILES string of the molecule is FCc1ccc2c(c1)Oc1cccc3c1B2c1ccccc1O3. The lowest BCUT2D eigenvalue weighted by molar-refractivity contribution is 0.459. The summed E-state index contributed by atoms with van der Waals surface area (Å²) in [7, 11) is 0. The van der Waals surface area contributed by atoms with Crippen molar-refractivity contribution in [2.75, 3.05) is 0 Å². The van der Waals surface area contributed by atoms with Crippen LogP contribution in [0.4, 0.5) is 4.39 Å². The lowest BCUT2D eigenvalue weighted by Crippen LogP contribution is -2.57. The van der Waals surface area contributed by atoms with Gasteiger partial charge in [-0.3, -0.25) is 0 Å². The number of para-hydroxylation sites is 1. The summed E-state index contributed by atoms with van der Waals surface area (Å²) in [6.45, 7) is -0.433. The van der Waals surface area contributed by atoms with E-state index in [9.17, 15) is 4.39 Å². The highest BCUT2D eigenvalue weighted by molar-refractivity contribution is 6.98. The second-order valence-corrected chi connectivity index (χ2v) is 5.85. The van der Waals surface area contributed by atoms with Gasteiger partial charge in [-0.2, -0.15) is 0 Å². The first-order valence-electron chi connectivity index (χ1n) is 7.61. The molecule has 2 heterocycles. The third-order valence-electron chi connectivity index (χ3n) is 4.53. The first kappa shape index (κ1) is 12.8. The van der Waals surface area contributed by atoms with Gasteiger partial charge in [0.05, 0.1) is 0 Å². The minimum Gasteiger partial charge on any atom is -0.458 e. The molecule has 3 aromatic rings. The van der Waals surface area contributed by atoms with Gasteiger partial charge in [0.25, 0.3) is 6.71 Å². The third kappa shape index (κ3) is 1.75. The molecule has 0 spiro atoms. The van der Waals surface area contributed by atoms with E-state index in [1.807, 2.05) is 48.5 Å². The predicted octanol–water partition coefficient (Wildman–Crippen LogP) is 2.88. The van der Waals surface area contributed by atoms with Crippen LogP contribution in [0.2, 0.25) is 0 Å². The van der Waals surface area contributed by atoms with Crippen molar-refractivity contribution in [2.24, 2.45) is 0 Å². The summed E-state index contributed by atoms with van der Waals surface area (Å²) < 4.78 is 25.1. The molecule has 4 heteroatoms. The zero-order valence-corrected chi connectivity index (χ0v) is 12.3. The molecule has 2 aliphatic heterocycles. The molecule has 5 rings (SSSR count). The Bertz CT molecular complexity index is 938. The van der Waals surface area contributed by atoms with Crippen molar-refractivity contribution in [1.29, 1.82) is 0 Å². The fourth-order valence-electron chi connectivity index (χ4n) is 3.50. The molecule has 0 amide bonds. The highest BCUT2D eigenvalue weighted by Crippen LogP contribution is 2.34. The van der Waals surface area contributed by atoms with Gasteiger partial charge in [0, 0.05) is 5.46 Å². The average molecular weight is 302 g/mol. The molecule has 0 N–H and O–H groups in total. The second-order valence-electron chi connectivity index (χ2n) is 5.85. The number of halogens is 1. The lowest BCUT2D eigenvalue weighted by atomic mass is 9.35. The maximum Gasteiger partial charge on any atom is 0.260 e. The largest absolute Gasteiger partial charge is 0.458 e. The van der Waals surface area contributed by atoms with Gasteiger partial charge >= 0.3 is 0 Å². The highest BCUT2D eigenvalue weighted by Gasteiger charge is 2.39. The van der Waals surface area contributed by atoms with Crippen LogP contribution in [0, 0.1) is 0 Å². The molecule has 110 valence electrons. The van der Waals surface area contributed by atoms with E-state index >= 15 is 0 Å². The molecule has 0 aliphatic carbocycles. The van der Waals surface area contributed by atoms with Crippen molar-refractivity contribution < 1.29 is 13.9 Å². The van der Waals surface area contributed by atoms with Crippen LogP contribution in [-0.4, -0.2) is 6.71 Å². The molecule has 0 saturated carbocycles. The van der Waals surface area contributed by atoms with Crippen molar-refractivity contribution in [3.8, 4) is 23.0 Å². The maximum absolute atomic E-state index is 13.0. The molecule has 0 atom stereocenters. The summed E-state index contributed by atoms with van der Waals surface area (Å²) in [4.78, 5) is 0. The standard InChI is InChI=1S/C19H12BFO2/c21-11-12-8-9-14-18(10-12)23-17-7-3-6-16-19(17)20(14)13-4-1-2-5-15(13)22-16/h1-10H,11H2. The average Bonchev–Trinajstić information content (AvgIpc) is 2.61. The van der Waals surface area contributed by atoms with Crippen LogP contribution < -0.4 is 25.9 Å². The van der Waals surface area contributed by atoms with Crippen LogP contribution in [0.25, 0.3) is 0 Å². The monoisotopic (exact) mass is 302 g/mol. The van der Waals surface area contributed by atoms with Gasteiger partial charge < -0.3 is 9.47 Å². The zero-order valence-electron chi connectivity index (χ0n) is 12.3. The van der Waals surface area contributed by atoms with Crippen LogP contribution >= 0.6 is 0 Å². The number of ether oxygens (including phenoxy) is 2. The molecule has 0 fully saturated rings. The molecule has 0 aromatic heterocycles. The van der Waals surface area contributed by atoms with Crippen molar-refractivity contribution in [1.82, 2.24) is 0 Å². The molecule has 2 nitrogen and oxygen atoms in total. The number of benzene rings is 3. The smallest absolute Gasteiger partial charge is 0.260 e. The first-order chi connectivity index (χ1) is 11.3. The normalized spacial score (nSPS) is 13.3. The summed E-state index contributed by atoms with van der Waals surface area (Å²) in [6.07, 6.45) is 0. The summed E-state index contributed by atoms with van der Waals surface area (Å²) >= 11 is 0. The lowest BCUT2D eigenvalue weighted by Gasteiger charge is -2.32. The van der Waals surface area contributed by atoms with E-state index in [1.165, 1.54) is 0 Å².